The lowest BCUT2D eigenvalue weighted by Gasteiger charge is -2.19. The van der Waals surface area contributed by atoms with Crippen LogP contribution in [0.2, 0.25) is 0 Å². The maximum absolute atomic E-state index is 12.8. The van der Waals surface area contributed by atoms with Crippen LogP contribution >= 0.6 is 7.82 Å². The highest BCUT2D eigenvalue weighted by atomic mass is 31.2. The molecule has 564 valence electrons. The first-order chi connectivity index (χ1) is 47.3. The highest BCUT2D eigenvalue weighted by Crippen LogP contribution is 2.43. The second-order valence-electron chi connectivity index (χ2n) is 28.7. The van der Waals surface area contributed by atoms with Crippen molar-refractivity contribution in [2.75, 3.05) is 26.4 Å². The van der Waals surface area contributed by atoms with Gasteiger partial charge in [0.05, 0.1) is 13.2 Å². The fourth-order valence-electron chi connectivity index (χ4n) is 13.0. The van der Waals surface area contributed by atoms with E-state index < -0.39 is 26.5 Å². The molecule has 10 heteroatoms. The van der Waals surface area contributed by atoms with Crippen LogP contribution in [-0.2, 0) is 32.7 Å². The first-order valence-electron chi connectivity index (χ1n) is 42.3. The predicted molar refractivity (Wildman–Crippen MR) is 418 cm³/mol. The number of hydrogen-bond donors (Lipinski definition) is 2. The minimum Gasteiger partial charge on any atom is -0.462 e. The summed E-state index contributed by atoms with van der Waals surface area (Å²) in [5, 5.41) is 0. The zero-order valence-electron chi connectivity index (χ0n) is 63.9. The highest BCUT2D eigenvalue weighted by Gasteiger charge is 2.26. The number of esters is 2. The number of unbranched alkanes of at least 4 members (excludes halogenated alkanes) is 58. The minimum absolute atomic E-state index is 0.0563. The maximum Gasteiger partial charge on any atom is 0.472 e. The van der Waals surface area contributed by atoms with E-state index in [0.29, 0.717) is 6.42 Å². The van der Waals surface area contributed by atoms with Crippen molar-refractivity contribution in [3.8, 4) is 0 Å². The predicted octanol–water partition coefficient (Wildman–Crippen LogP) is 28.5. The van der Waals surface area contributed by atoms with Crippen molar-refractivity contribution in [3.05, 3.63) is 60.8 Å². The molecule has 2 unspecified atom stereocenters. The smallest absolute Gasteiger partial charge is 0.462 e. The molecule has 0 aliphatic heterocycles. The van der Waals surface area contributed by atoms with Crippen molar-refractivity contribution in [1.82, 2.24) is 0 Å². The van der Waals surface area contributed by atoms with Crippen LogP contribution < -0.4 is 5.73 Å². The average molecular weight is 1370 g/mol. The summed E-state index contributed by atoms with van der Waals surface area (Å²) in [6.07, 6.45) is 108. The van der Waals surface area contributed by atoms with E-state index in [4.69, 9.17) is 24.3 Å². The number of hydrogen-bond acceptors (Lipinski definition) is 8. The molecule has 0 saturated carbocycles. The van der Waals surface area contributed by atoms with Crippen molar-refractivity contribution in [1.29, 1.82) is 0 Å². The summed E-state index contributed by atoms with van der Waals surface area (Å²) < 4.78 is 33.3. The topological polar surface area (TPSA) is 134 Å². The summed E-state index contributed by atoms with van der Waals surface area (Å²) in [5.41, 5.74) is 5.42. The normalized spacial score (nSPS) is 13.1. The van der Waals surface area contributed by atoms with E-state index in [1.807, 2.05) is 0 Å². The lowest BCUT2D eigenvalue weighted by molar-refractivity contribution is -0.161. The second-order valence-corrected chi connectivity index (χ2v) is 30.1. The Morgan fingerprint density at radius 1 is 0.323 bits per heavy atom. The van der Waals surface area contributed by atoms with Gasteiger partial charge in [0.15, 0.2) is 6.10 Å². The van der Waals surface area contributed by atoms with Crippen LogP contribution in [0.5, 0.6) is 0 Å². The number of nitrogens with two attached hydrogens (primary N) is 1. The Labute approximate surface area is 597 Å². The van der Waals surface area contributed by atoms with Gasteiger partial charge >= 0.3 is 19.8 Å². The highest BCUT2D eigenvalue weighted by molar-refractivity contribution is 7.47. The average Bonchev–Trinajstić information content (AvgIpc) is 2.32. The molecule has 0 saturated heterocycles. The lowest BCUT2D eigenvalue weighted by Crippen LogP contribution is -2.29. The third-order valence-electron chi connectivity index (χ3n) is 19.2. The summed E-state index contributed by atoms with van der Waals surface area (Å²) in [6.45, 7) is 3.72. The molecule has 0 amide bonds. The van der Waals surface area contributed by atoms with Gasteiger partial charge < -0.3 is 20.1 Å². The van der Waals surface area contributed by atoms with E-state index in [2.05, 4.69) is 74.6 Å². The van der Waals surface area contributed by atoms with Gasteiger partial charge in [-0.05, 0) is 57.8 Å². The molecule has 0 fully saturated rings. The van der Waals surface area contributed by atoms with Crippen LogP contribution in [0.1, 0.15) is 444 Å². The van der Waals surface area contributed by atoms with E-state index in [9.17, 15) is 19.0 Å². The van der Waals surface area contributed by atoms with Gasteiger partial charge in [-0.25, -0.2) is 4.57 Å². The Balaban J connectivity index is 3.72. The molecule has 0 aromatic carbocycles. The molecule has 0 radical (unpaired) electrons. The van der Waals surface area contributed by atoms with Crippen molar-refractivity contribution in [2.45, 2.75) is 450 Å². The first-order valence-corrected chi connectivity index (χ1v) is 43.8. The quantitative estimate of drug-likeness (QED) is 0.0264. The van der Waals surface area contributed by atoms with E-state index in [1.54, 1.807) is 0 Å². The van der Waals surface area contributed by atoms with Crippen molar-refractivity contribution >= 4 is 19.8 Å². The number of phosphoric ester groups is 1. The summed E-state index contributed by atoms with van der Waals surface area (Å²) in [7, 11) is -4.40. The van der Waals surface area contributed by atoms with Gasteiger partial charge in [-0.1, -0.05) is 434 Å². The standard InChI is InChI=1S/C86H162NO8P/c1-3-5-7-9-11-13-15-17-19-21-23-25-27-29-31-33-35-37-39-40-41-42-43-44-45-47-49-51-53-55-57-59-61-63-65-67-69-71-73-75-77-79-86(89)95-84(83-94-96(90,91)93-81-80-87)82-92-85(88)78-76-74-72-70-68-66-64-62-60-58-56-54-52-50-48-46-38-36-34-32-30-28-26-24-22-20-18-16-14-12-10-8-6-4-2/h5,7,11,13,17,19,23,25,29,31,84H,3-4,6,8-10,12,14-16,18,20-22,24,26-28,30,32-83,87H2,1-2H3,(H,90,91)/b7-5-,13-11-,19-17-,25-23-,31-29-. The fourth-order valence-corrected chi connectivity index (χ4v) is 13.7. The van der Waals surface area contributed by atoms with Crippen LogP contribution in [0.4, 0.5) is 0 Å². The molecule has 0 aliphatic rings. The van der Waals surface area contributed by atoms with Gasteiger partial charge in [0.1, 0.15) is 6.61 Å². The molecule has 96 heavy (non-hydrogen) atoms. The van der Waals surface area contributed by atoms with Crippen molar-refractivity contribution in [3.63, 3.8) is 0 Å². The molecule has 0 aromatic rings. The molecule has 0 spiro atoms. The SMILES string of the molecule is CC/C=C\C/C=C\C/C=C\C/C=C\C/C=C\CCCCCCCCCCCCCCCCCCCCCCCCCCCC(=O)OC(COC(=O)CCCCCCCCCCCCCCCCCCCCCCCCCCCCCCCCCCCC)COP(=O)(O)OCCN. The van der Waals surface area contributed by atoms with Crippen LogP contribution in [-0.4, -0.2) is 49.3 Å². The van der Waals surface area contributed by atoms with Gasteiger partial charge in [0, 0.05) is 19.4 Å². The number of phosphoric acid groups is 1. The summed E-state index contributed by atoms with van der Waals surface area (Å²) >= 11 is 0. The molecular weight excluding hydrogens is 1210 g/mol. The van der Waals surface area contributed by atoms with Gasteiger partial charge in [0.2, 0.25) is 0 Å². The molecule has 0 bridgehead atoms. The Kier molecular flexibility index (Phi) is 79.7. The number of rotatable bonds is 81. The first kappa shape index (κ1) is 93.7. The van der Waals surface area contributed by atoms with E-state index in [-0.39, 0.29) is 38.6 Å². The zero-order valence-corrected chi connectivity index (χ0v) is 64.8. The Morgan fingerprint density at radius 3 is 0.854 bits per heavy atom. The van der Waals surface area contributed by atoms with E-state index in [1.165, 1.54) is 347 Å². The third kappa shape index (κ3) is 80.7. The molecule has 9 nitrogen and oxygen atoms in total. The molecule has 0 aliphatic carbocycles. The van der Waals surface area contributed by atoms with Crippen molar-refractivity contribution in [2.24, 2.45) is 5.73 Å². The Bertz CT molecular complexity index is 1760. The molecule has 0 aromatic heterocycles. The largest absolute Gasteiger partial charge is 0.472 e. The third-order valence-corrected chi connectivity index (χ3v) is 20.2. The molecule has 0 rings (SSSR count). The van der Waals surface area contributed by atoms with Crippen LogP contribution in [0.3, 0.4) is 0 Å². The Hall–Kier alpha value is -2.29. The zero-order chi connectivity index (χ0) is 69.3. The van der Waals surface area contributed by atoms with Crippen molar-refractivity contribution < 1.29 is 37.6 Å². The number of carbonyl (C=O) groups is 2. The van der Waals surface area contributed by atoms with Gasteiger partial charge in [0.25, 0.3) is 0 Å². The van der Waals surface area contributed by atoms with Crippen LogP contribution in [0, 0.1) is 0 Å². The molecule has 0 heterocycles. The lowest BCUT2D eigenvalue weighted by atomic mass is 10.0. The molecule has 2 atom stereocenters. The summed E-state index contributed by atoms with van der Waals surface area (Å²) in [4.78, 5) is 35.5. The van der Waals surface area contributed by atoms with Gasteiger partial charge in [-0.3, -0.25) is 18.6 Å². The number of carbonyl (C=O) groups excluding carboxylic acids is 2. The number of allylic oxidation sites excluding steroid dienone is 10. The Morgan fingerprint density at radius 2 is 0.573 bits per heavy atom. The summed E-state index contributed by atoms with van der Waals surface area (Å²) in [6, 6.07) is 0. The minimum atomic E-state index is -4.40. The van der Waals surface area contributed by atoms with E-state index in [0.717, 1.165) is 64.2 Å². The number of ether oxygens (including phenoxy) is 2. The van der Waals surface area contributed by atoms with E-state index >= 15 is 0 Å². The second kappa shape index (κ2) is 81.7. The molecular formula is C86H162NO8P. The van der Waals surface area contributed by atoms with Gasteiger partial charge in [-0.15, -0.1) is 0 Å². The molecule has 3 N–H and O–H groups in total. The summed E-state index contributed by atoms with van der Waals surface area (Å²) in [5.74, 6) is -0.800. The van der Waals surface area contributed by atoms with Gasteiger partial charge in [-0.2, -0.15) is 0 Å². The maximum atomic E-state index is 12.8. The van der Waals surface area contributed by atoms with Crippen LogP contribution in [0.15, 0.2) is 60.8 Å². The van der Waals surface area contributed by atoms with Crippen LogP contribution in [0.25, 0.3) is 0 Å². The fraction of sp³-hybridized carbons (Fsp3) is 0.860. The monoisotopic (exact) mass is 1370 g/mol.